The fourth-order valence-corrected chi connectivity index (χ4v) is 8.17. The SMILES string of the molecule is Cc1ccccc1-c1c2c(cc3c4ccccc4c4cccc2c43)c(-c2ccccc2)c2c3cccc4cccc(c12)c43. The number of benzene rings is 8. The van der Waals surface area contributed by atoms with Gasteiger partial charge in [-0.15, -0.1) is 0 Å². The van der Waals surface area contributed by atoms with Crippen molar-refractivity contribution in [3.05, 3.63) is 145 Å². The molecule has 10 aromatic rings. The molecule has 0 unspecified atom stereocenters. The van der Waals surface area contributed by atoms with Crippen LogP contribution in [-0.2, 0) is 0 Å². The smallest absolute Gasteiger partial charge is 0.000709 e. The summed E-state index contributed by atoms with van der Waals surface area (Å²) in [7, 11) is 0. The first-order valence-corrected chi connectivity index (χ1v) is 15.1. The van der Waals surface area contributed by atoms with Crippen LogP contribution in [-0.4, -0.2) is 0 Å². The van der Waals surface area contributed by atoms with Gasteiger partial charge in [-0.1, -0.05) is 133 Å². The van der Waals surface area contributed by atoms with Crippen LogP contribution in [0, 0.1) is 6.92 Å². The van der Waals surface area contributed by atoms with Crippen LogP contribution in [0.5, 0.6) is 0 Å². The van der Waals surface area contributed by atoms with Gasteiger partial charge in [-0.2, -0.15) is 0 Å². The number of fused-ring (bicyclic) bond motifs is 8. The van der Waals surface area contributed by atoms with Crippen molar-refractivity contribution < 1.29 is 0 Å². The molecule has 0 aromatic heterocycles. The fraction of sp³-hybridized carbons (Fsp3) is 0.0233. The van der Waals surface area contributed by atoms with Gasteiger partial charge in [-0.3, -0.25) is 0 Å². The van der Waals surface area contributed by atoms with Gasteiger partial charge < -0.3 is 0 Å². The highest BCUT2D eigenvalue weighted by Crippen LogP contribution is 2.54. The maximum absolute atomic E-state index is 2.51. The largest absolute Gasteiger partial charge is 0.0622 e. The molecule has 0 nitrogen and oxygen atoms in total. The molecule has 0 saturated carbocycles. The van der Waals surface area contributed by atoms with E-state index in [-0.39, 0.29) is 0 Å². The molecule has 0 aliphatic rings. The van der Waals surface area contributed by atoms with Gasteiger partial charge in [0.25, 0.3) is 0 Å². The molecule has 0 aliphatic heterocycles. The summed E-state index contributed by atoms with van der Waals surface area (Å²) < 4.78 is 0. The molecule has 0 N–H and O–H groups in total. The van der Waals surface area contributed by atoms with E-state index in [1.807, 2.05) is 0 Å². The minimum atomic E-state index is 1.26. The molecule has 0 heterocycles. The predicted molar refractivity (Wildman–Crippen MR) is 187 cm³/mol. The van der Waals surface area contributed by atoms with E-state index in [1.165, 1.54) is 103 Å². The number of hydrogen-bond acceptors (Lipinski definition) is 0. The molecular weight excluding hydrogens is 516 g/mol. The quantitative estimate of drug-likeness (QED) is 0.191. The van der Waals surface area contributed by atoms with E-state index in [4.69, 9.17) is 0 Å². The third-order valence-electron chi connectivity index (χ3n) is 9.86. The van der Waals surface area contributed by atoms with Gasteiger partial charge >= 0.3 is 0 Å². The van der Waals surface area contributed by atoms with Crippen molar-refractivity contribution in [1.29, 1.82) is 0 Å². The van der Waals surface area contributed by atoms with E-state index in [0.717, 1.165) is 0 Å². The summed E-state index contributed by atoms with van der Waals surface area (Å²) in [6, 6.07) is 52.0. The number of hydrogen-bond donors (Lipinski definition) is 0. The standard InChI is InChI=1S/C43H26/c1-25-12-5-6-17-28(25)41-40-34-23-11-20-31-29-18-7-8-19-30(29)35(39(31)34)24-36(40)38(27-13-3-2-4-14-27)42-32-21-9-15-26-16-10-22-33(37(26)32)43(41)42/h2-24H,1H3. The first-order valence-electron chi connectivity index (χ1n) is 15.1. The van der Waals surface area contributed by atoms with Crippen LogP contribution in [0.25, 0.3) is 97.7 Å². The fourth-order valence-electron chi connectivity index (χ4n) is 8.17. The summed E-state index contributed by atoms with van der Waals surface area (Å²) in [5, 5.41) is 18.8. The molecule has 0 spiro atoms. The highest BCUT2D eigenvalue weighted by molar-refractivity contribution is 6.44. The van der Waals surface area contributed by atoms with Crippen molar-refractivity contribution >= 4 is 75.4 Å². The average molecular weight is 543 g/mol. The maximum Gasteiger partial charge on any atom is -0.000709 e. The molecule has 0 aliphatic carbocycles. The summed E-state index contributed by atoms with van der Waals surface area (Å²) in [4.78, 5) is 0. The molecule has 0 atom stereocenters. The molecule has 0 saturated heterocycles. The van der Waals surface area contributed by atoms with E-state index in [9.17, 15) is 0 Å². The second-order valence-corrected chi connectivity index (χ2v) is 12.0. The lowest BCUT2D eigenvalue weighted by Gasteiger charge is -2.20. The van der Waals surface area contributed by atoms with Gasteiger partial charge in [0.1, 0.15) is 0 Å². The lowest BCUT2D eigenvalue weighted by molar-refractivity contribution is 1.48. The predicted octanol–water partition coefficient (Wildman–Crippen LogP) is 12.3. The summed E-state index contributed by atoms with van der Waals surface area (Å²) in [6.45, 7) is 2.26. The van der Waals surface area contributed by atoms with Gasteiger partial charge in [0.15, 0.2) is 0 Å². The highest BCUT2D eigenvalue weighted by atomic mass is 14.3. The summed E-state index contributed by atoms with van der Waals surface area (Å²) in [5.74, 6) is 0. The Morgan fingerprint density at radius 2 is 0.884 bits per heavy atom. The van der Waals surface area contributed by atoms with Crippen molar-refractivity contribution in [2.24, 2.45) is 0 Å². The van der Waals surface area contributed by atoms with Crippen LogP contribution in [0.4, 0.5) is 0 Å². The third-order valence-corrected chi connectivity index (χ3v) is 9.86. The normalized spacial score (nSPS) is 12.3. The zero-order chi connectivity index (χ0) is 28.2. The molecule has 0 radical (unpaired) electrons. The molecular formula is C43H26. The number of aryl methyl sites for hydroxylation is 1. The highest BCUT2D eigenvalue weighted by Gasteiger charge is 2.26. The van der Waals surface area contributed by atoms with Gasteiger partial charge in [0, 0.05) is 0 Å². The summed E-state index contributed by atoms with van der Waals surface area (Å²) >= 11 is 0. The lowest BCUT2D eigenvalue weighted by atomic mass is 9.83. The van der Waals surface area contributed by atoms with Crippen molar-refractivity contribution in [3.63, 3.8) is 0 Å². The van der Waals surface area contributed by atoms with E-state index >= 15 is 0 Å². The van der Waals surface area contributed by atoms with Gasteiger partial charge in [0.2, 0.25) is 0 Å². The van der Waals surface area contributed by atoms with Gasteiger partial charge in [0.05, 0.1) is 0 Å². The second-order valence-electron chi connectivity index (χ2n) is 12.0. The monoisotopic (exact) mass is 542 g/mol. The molecule has 198 valence electrons. The van der Waals surface area contributed by atoms with E-state index in [1.54, 1.807) is 0 Å². The molecule has 0 heteroatoms. The zero-order valence-corrected chi connectivity index (χ0v) is 23.8. The van der Waals surface area contributed by atoms with Crippen molar-refractivity contribution in [1.82, 2.24) is 0 Å². The Morgan fingerprint density at radius 1 is 0.326 bits per heavy atom. The van der Waals surface area contributed by atoms with Crippen molar-refractivity contribution in [2.45, 2.75) is 6.92 Å². The van der Waals surface area contributed by atoms with Crippen LogP contribution in [0.1, 0.15) is 5.56 Å². The summed E-state index contributed by atoms with van der Waals surface area (Å²) in [5.41, 5.74) is 6.56. The molecule has 0 amide bonds. The van der Waals surface area contributed by atoms with Crippen molar-refractivity contribution in [2.75, 3.05) is 0 Å². The van der Waals surface area contributed by atoms with E-state index in [0.29, 0.717) is 0 Å². The maximum atomic E-state index is 2.51. The Labute approximate surface area is 249 Å². The Kier molecular flexibility index (Phi) is 4.47. The Hall–Kier alpha value is -5.46. The topological polar surface area (TPSA) is 0 Å². The molecule has 43 heavy (non-hydrogen) atoms. The van der Waals surface area contributed by atoms with Crippen molar-refractivity contribution in [3.8, 4) is 22.3 Å². The minimum Gasteiger partial charge on any atom is -0.0622 e. The van der Waals surface area contributed by atoms with Crippen LogP contribution >= 0.6 is 0 Å². The van der Waals surface area contributed by atoms with E-state index in [2.05, 4.69) is 146 Å². The lowest BCUT2D eigenvalue weighted by Crippen LogP contribution is -1.92. The second kappa shape index (κ2) is 8.31. The van der Waals surface area contributed by atoms with Crippen LogP contribution in [0.2, 0.25) is 0 Å². The third kappa shape index (κ3) is 2.90. The van der Waals surface area contributed by atoms with E-state index < -0.39 is 0 Å². The Bertz CT molecular complexity index is 2710. The molecule has 0 bridgehead atoms. The zero-order valence-electron chi connectivity index (χ0n) is 23.8. The Balaban J connectivity index is 1.62. The first-order chi connectivity index (χ1) is 21.3. The minimum absolute atomic E-state index is 1.26. The summed E-state index contributed by atoms with van der Waals surface area (Å²) in [6.07, 6.45) is 0. The number of rotatable bonds is 2. The van der Waals surface area contributed by atoms with Gasteiger partial charge in [-0.05, 0) is 116 Å². The molecule has 0 fully saturated rings. The van der Waals surface area contributed by atoms with Gasteiger partial charge in [-0.25, -0.2) is 0 Å². The van der Waals surface area contributed by atoms with Crippen LogP contribution < -0.4 is 0 Å². The van der Waals surface area contributed by atoms with Crippen LogP contribution in [0.3, 0.4) is 0 Å². The van der Waals surface area contributed by atoms with Crippen LogP contribution in [0.15, 0.2) is 140 Å². The molecule has 10 rings (SSSR count). The molecule has 10 aromatic carbocycles. The average Bonchev–Trinajstić information content (AvgIpc) is 3.56. The first kappa shape index (κ1) is 23.1. The Morgan fingerprint density at radius 3 is 1.63 bits per heavy atom.